The molecule has 0 fully saturated rings. The van der Waals surface area contributed by atoms with Crippen LogP contribution in [-0.4, -0.2) is 7.05 Å². The van der Waals surface area contributed by atoms with Gasteiger partial charge < -0.3 is 19.3 Å². The largest absolute Gasteiger partial charge is 1.00 e. The van der Waals surface area contributed by atoms with Gasteiger partial charge in [-0.15, -0.1) is 0 Å². The summed E-state index contributed by atoms with van der Waals surface area (Å²) in [4.78, 5) is 27.3. The monoisotopic (exact) mass is 473 g/mol. The number of thioether (sulfide) groups is 1. The zero-order valence-corrected chi connectivity index (χ0v) is 23.3. The molecule has 0 bridgehead atoms. The number of halogens is 1. The fraction of sp³-hybridized carbons (Fsp3) is 0.0476. The van der Waals surface area contributed by atoms with Crippen molar-refractivity contribution < 1.29 is 73.5 Å². The van der Waals surface area contributed by atoms with E-state index in [4.69, 9.17) is 11.6 Å². The second kappa shape index (κ2) is 10.7. The van der Waals surface area contributed by atoms with E-state index < -0.39 is 7.60 Å². The Morgan fingerprint density at radius 1 is 0.867 bits per heavy atom. The van der Waals surface area contributed by atoms with E-state index in [1.165, 1.54) is 0 Å². The molecule has 0 saturated carbocycles. The summed E-state index contributed by atoms with van der Waals surface area (Å²) < 4.78 is 12.2. The molecule has 0 saturated heterocycles. The van der Waals surface area contributed by atoms with Crippen molar-refractivity contribution in [3.8, 4) is 0 Å². The summed E-state index contributed by atoms with van der Waals surface area (Å²) in [6.45, 7) is 0. The topological polar surface area (TPSA) is 66.4 Å². The molecule has 0 unspecified atom stereocenters. The van der Waals surface area contributed by atoms with Gasteiger partial charge in [0, 0.05) is 49.7 Å². The van der Waals surface area contributed by atoms with E-state index in [-0.39, 0.29) is 63.8 Å². The summed E-state index contributed by atoms with van der Waals surface area (Å²) in [5.74, 6) is 0. The quantitative estimate of drug-likeness (QED) is 0.273. The van der Waals surface area contributed by atoms with Crippen molar-refractivity contribution >= 4 is 47.9 Å². The van der Waals surface area contributed by atoms with Crippen molar-refractivity contribution in [2.75, 3.05) is 11.9 Å². The molecule has 0 aliphatic carbocycles. The van der Waals surface area contributed by atoms with Gasteiger partial charge in [0.2, 0.25) is 0 Å². The summed E-state index contributed by atoms with van der Waals surface area (Å²) in [5.41, 5.74) is 3.56. The molecule has 3 aromatic carbocycles. The first kappa shape index (κ1) is 26.2. The molecule has 142 valence electrons. The second-order valence-corrected chi connectivity index (χ2v) is 9.59. The molecule has 9 heteroatoms. The maximum Gasteiger partial charge on any atom is 1.00 e. The number of nitrogens with zero attached hydrogens (tertiary/aromatic N) is 1. The Bertz CT molecular complexity index is 1090. The van der Waals surface area contributed by atoms with Gasteiger partial charge >= 0.3 is 59.1 Å². The van der Waals surface area contributed by atoms with Crippen LogP contribution in [0.25, 0.3) is 5.57 Å². The number of benzene rings is 3. The third kappa shape index (κ3) is 5.31. The van der Waals surface area contributed by atoms with Crippen LogP contribution in [0.2, 0.25) is 5.02 Å². The van der Waals surface area contributed by atoms with Crippen LogP contribution >= 0.6 is 31.0 Å². The summed E-state index contributed by atoms with van der Waals surface area (Å²) in [6.07, 6.45) is 0. The van der Waals surface area contributed by atoms with E-state index in [2.05, 4.69) is 0 Å². The molecule has 0 N–H and O–H groups in total. The molecule has 1 aliphatic rings. The Kier molecular flexibility index (Phi) is 9.39. The SMILES string of the molecule is CN1c2ccccc2C(=C(Sc2ccc(Cl)cc2)P(=O)([O-])[O-])c2ccccc21.[Na+].[Na+]. The first-order valence-corrected chi connectivity index (χ1v) is 11.2. The third-order valence-corrected chi connectivity index (χ3v) is 7.38. The van der Waals surface area contributed by atoms with Gasteiger partial charge in [0.25, 0.3) is 0 Å². The summed E-state index contributed by atoms with van der Waals surface area (Å²) in [7, 11) is -3.14. The summed E-state index contributed by atoms with van der Waals surface area (Å²) >= 11 is 6.89. The standard InChI is InChI=1S/C21H17ClNO3PS.2Na/c1-23-18-8-4-2-6-16(18)20(17-7-3-5-9-19(17)23)21(27(24,25)26)28-15-12-10-14(22)11-13-15;;/h2-13H,1H3,(H2,24,25,26);;/q;2*+1/p-2. The van der Waals surface area contributed by atoms with Crippen molar-refractivity contribution in [1.29, 1.82) is 0 Å². The summed E-state index contributed by atoms with van der Waals surface area (Å²) in [6, 6.07) is 21.7. The van der Waals surface area contributed by atoms with Gasteiger partial charge in [-0.25, -0.2) is 0 Å². The van der Waals surface area contributed by atoms with Gasteiger partial charge in [0.05, 0.1) is 0 Å². The Labute approximate surface area is 229 Å². The van der Waals surface area contributed by atoms with Crippen molar-refractivity contribution in [1.82, 2.24) is 0 Å². The third-order valence-electron chi connectivity index (χ3n) is 4.56. The Morgan fingerprint density at radius 2 is 1.33 bits per heavy atom. The normalized spacial score (nSPS) is 12.3. The van der Waals surface area contributed by atoms with E-state index >= 15 is 0 Å². The Hall–Kier alpha value is -0.01000. The number of hydrogen-bond donors (Lipinski definition) is 0. The van der Waals surface area contributed by atoms with Crippen LogP contribution in [0.5, 0.6) is 0 Å². The van der Waals surface area contributed by atoms with Gasteiger partial charge in [-0.1, -0.05) is 59.8 Å². The van der Waals surface area contributed by atoms with Crippen LogP contribution in [0.15, 0.2) is 82.3 Å². The van der Waals surface area contributed by atoms with Crippen molar-refractivity contribution in [2.45, 2.75) is 4.90 Å². The molecule has 0 atom stereocenters. The molecular weight excluding hydrogens is 459 g/mol. The van der Waals surface area contributed by atoms with Crippen LogP contribution in [0, 0.1) is 0 Å². The first-order valence-electron chi connectivity index (χ1n) is 8.49. The number of anilines is 2. The van der Waals surface area contributed by atoms with Gasteiger partial charge in [0.1, 0.15) is 0 Å². The molecule has 1 heterocycles. The zero-order chi connectivity index (χ0) is 19.9. The van der Waals surface area contributed by atoms with E-state index in [1.54, 1.807) is 24.3 Å². The van der Waals surface area contributed by atoms with Crippen LogP contribution < -0.4 is 73.8 Å². The minimum atomic E-state index is -5.06. The van der Waals surface area contributed by atoms with E-state index in [1.807, 2.05) is 60.5 Å². The van der Waals surface area contributed by atoms with E-state index in [0.717, 1.165) is 23.1 Å². The fourth-order valence-corrected chi connectivity index (χ4v) is 5.54. The Balaban J connectivity index is 0.00000160. The molecule has 30 heavy (non-hydrogen) atoms. The Morgan fingerprint density at radius 3 is 1.80 bits per heavy atom. The number of rotatable bonds is 3. The molecular formula is C21H15ClNNa2O3PS. The maximum absolute atomic E-state index is 12.4. The summed E-state index contributed by atoms with van der Waals surface area (Å²) in [5, 5.41) is 0.543. The fourth-order valence-electron chi connectivity index (χ4n) is 3.32. The number of hydrogen-bond acceptors (Lipinski definition) is 5. The molecule has 4 nitrogen and oxygen atoms in total. The molecule has 0 aromatic heterocycles. The van der Waals surface area contributed by atoms with E-state index in [0.29, 0.717) is 26.6 Å². The molecule has 0 spiro atoms. The molecule has 0 radical (unpaired) electrons. The van der Waals surface area contributed by atoms with E-state index in [9.17, 15) is 14.4 Å². The van der Waals surface area contributed by atoms with Gasteiger partial charge in [-0.2, -0.15) is 0 Å². The zero-order valence-electron chi connectivity index (χ0n) is 16.8. The molecule has 1 aliphatic heterocycles. The molecule has 0 amide bonds. The maximum atomic E-state index is 12.4. The average molecular weight is 474 g/mol. The first-order chi connectivity index (χ1) is 13.4. The second-order valence-electron chi connectivity index (χ2n) is 6.33. The average Bonchev–Trinajstić information content (AvgIpc) is 2.68. The minimum Gasteiger partial charge on any atom is -0.807 e. The molecule has 4 rings (SSSR count). The van der Waals surface area contributed by atoms with Crippen molar-refractivity contribution in [3.63, 3.8) is 0 Å². The van der Waals surface area contributed by atoms with Crippen LogP contribution in [0.4, 0.5) is 11.4 Å². The van der Waals surface area contributed by atoms with Gasteiger partial charge in [-0.3, -0.25) is 0 Å². The smallest absolute Gasteiger partial charge is 0.807 e. The minimum absolute atomic E-state index is 0. The van der Waals surface area contributed by atoms with Crippen LogP contribution in [0.3, 0.4) is 0 Å². The van der Waals surface area contributed by atoms with Gasteiger partial charge in [-0.05, 0) is 44.0 Å². The van der Waals surface area contributed by atoms with Crippen molar-refractivity contribution in [3.05, 3.63) is 93.6 Å². The van der Waals surface area contributed by atoms with Crippen LogP contribution in [-0.2, 0) is 4.57 Å². The predicted octanol–water partition coefficient (Wildman–Crippen LogP) is -1.15. The predicted molar refractivity (Wildman–Crippen MR) is 112 cm³/mol. The van der Waals surface area contributed by atoms with Crippen LogP contribution in [0.1, 0.15) is 11.1 Å². The number of fused-ring (bicyclic) bond motifs is 2. The van der Waals surface area contributed by atoms with Gasteiger partial charge in [0.15, 0.2) is 0 Å². The number of para-hydroxylation sites is 2. The molecule has 3 aromatic rings. The van der Waals surface area contributed by atoms with Crippen molar-refractivity contribution in [2.24, 2.45) is 0 Å².